The van der Waals surface area contributed by atoms with Crippen molar-refractivity contribution in [2.45, 2.75) is 0 Å². The SMILES string of the molecule is c1ccc(-c2ccccc2-c2cccc(N(c3ccc(-c4ccc5oc6ccccc6c5c4)cc3)c3cc4ccccc4c4sc5c(N(c6ccccc6)c6ccccc6)cccc5c34)c2)cc1. The lowest BCUT2D eigenvalue weighted by Gasteiger charge is -2.28. The average molecular weight is 887 g/mol. The van der Waals surface area contributed by atoms with Gasteiger partial charge in [-0.05, 0) is 123 Å². The van der Waals surface area contributed by atoms with Crippen molar-refractivity contribution in [1.82, 2.24) is 0 Å². The largest absolute Gasteiger partial charge is 0.456 e. The summed E-state index contributed by atoms with van der Waals surface area (Å²) in [5, 5.41) is 7.13. The highest BCUT2D eigenvalue weighted by Crippen LogP contribution is 2.52. The van der Waals surface area contributed by atoms with Crippen molar-refractivity contribution in [3.8, 4) is 33.4 Å². The van der Waals surface area contributed by atoms with E-state index < -0.39 is 0 Å². The van der Waals surface area contributed by atoms with Crippen LogP contribution < -0.4 is 9.80 Å². The zero-order valence-electron chi connectivity index (χ0n) is 37.0. The molecule has 2 aromatic heterocycles. The molecule has 4 heteroatoms. The Hall–Kier alpha value is -8.70. The molecule has 13 aromatic rings. The van der Waals surface area contributed by atoms with E-state index in [9.17, 15) is 0 Å². The van der Waals surface area contributed by atoms with Crippen LogP contribution in [0.1, 0.15) is 0 Å². The van der Waals surface area contributed by atoms with E-state index in [0.717, 1.165) is 72.8 Å². The average Bonchev–Trinajstić information content (AvgIpc) is 4.00. The lowest BCUT2D eigenvalue weighted by atomic mass is 9.94. The van der Waals surface area contributed by atoms with Crippen molar-refractivity contribution >= 4 is 98.3 Å². The van der Waals surface area contributed by atoms with Gasteiger partial charge in [0, 0.05) is 49.0 Å². The summed E-state index contributed by atoms with van der Waals surface area (Å²) in [6.07, 6.45) is 0. The molecule has 0 saturated heterocycles. The highest BCUT2D eigenvalue weighted by molar-refractivity contribution is 7.27. The normalized spacial score (nSPS) is 11.5. The van der Waals surface area contributed by atoms with E-state index >= 15 is 0 Å². The Morgan fingerprint density at radius 2 is 0.838 bits per heavy atom. The van der Waals surface area contributed by atoms with Crippen LogP contribution in [-0.4, -0.2) is 0 Å². The summed E-state index contributed by atoms with van der Waals surface area (Å²) in [6.45, 7) is 0. The van der Waals surface area contributed by atoms with Gasteiger partial charge in [0.2, 0.25) is 0 Å². The minimum Gasteiger partial charge on any atom is -0.456 e. The van der Waals surface area contributed by atoms with Crippen LogP contribution in [0.3, 0.4) is 0 Å². The third-order valence-electron chi connectivity index (χ3n) is 13.2. The molecule has 0 radical (unpaired) electrons. The number of anilines is 6. The van der Waals surface area contributed by atoms with Crippen molar-refractivity contribution in [1.29, 1.82) is 0 Å². The van der Waals surface area contributed by atoms with E-state index in [1.54, 1.807) is 0 Å². The second kappa shape index (κ2) is 16.6. The van der Waals surface area contributed by atoms with Crippen molar-refractivity contribution in [2.24, 2.45) is 0 Å². The molecule has 0 amide bonds. The molecule has 11 aromatic carbocycles. The summed E-state index contributed by atoms with van der Waals surface area (Å²) in [5.41, 5.74) is 15.5. The zero-order valence-corrected chi connectivity index (χ0v) is 37.8. The van der Waals surface area contributed by atoms with Gasteiger partial charge in [-0.1, -0.05) is 176 Å². The number of para-hydroxylation sites is 3. The lowest BCUT2D eigenvalue weighted by Crippen LogP contribution is -2.11. The molecular weight excluding hydrogens is 845 g/mol. The maximum absolute atomic E-state index is 6.21. The van der Waals surface area contributed by atoms with Crippen LogP contribution >= 0.6 is 11.3 Å². The molecule has 3 nitrogen and oxygen atoms in total. The van der Waals surface area contributed by atoms with Crippen molar-refractivity contribution in [3.05, 3.63) is 255 Å². The monoisotopic (exact) mass is 886 g/mol. The first-order valence-electron chi connectivity index (χ1n) is 23.1. The quantitative estimate of drug-likeness (QED) is 0.144. The van der Waals surface area contributed by atoms with E-state index in [4.69, 9.17) is 4.42 Å². The molecule has 2 heterocycles. The van der Waals surface area contributed by atoms with Crippen LogP contribution in [-0.2, 0) is 0 Å². The highest BCUT2D eigenvalue weighted by atomic mass is 32.1. The Kier molecular flexibility index (Phi) is 9.69. The fraction of sp³-hybridized carbons (Fsp3) is 0. The third-order valence-corrected chi connectivity index (χ3v) is 14.5. The Morgan fingerprint density at radius 1 is 0.294 bits per heavy atom. The molecule has 0 bridgehead atoms. The summed E-state index contributed by atoms with van der Waals surface area (Å²) >= 11 is 1.88. The smallest absolute Gasteiger partial charge is 0.135 e. The lowest BCUT2D eigenvalue weighted by molar-refractivity contribution is 0.669. The summed E-state index contributed by atoms with van der Waals surface area (Å²) in [5.74, 6) is 0. The Bertz CT molecular complexity index is 3930. The summed E-state index contributed by atoms with van der Waals surface area (Å²) in [7, 11) is 0. The van der Waals surface area contributed by atoms with Gasteiger partial charge in [0.1, 0.15) is 11.2 Å². The van der Waals surface area contributed by atoms with Crippen molar-refractivity contribution in [3.63, 3.8) is 0 Å². The number of hydrogen-bond acceptors (Lipinski definition) is 4. The van der Waals surface area contributed by atoms with Crippen LogP contribution in [0, 0.1) is 0 Å². The van der Waals surface area contributed by atoms with E-state index in [1.165, 1.54) is 47.6 Å². The number of nitrogens with zero attached hydrogens (tertiary/aromatic N) is 2. The molecule has 13 rings (SSSR count). The fourth-order valence-electron chi connectivity index (χ4n) is 10.1. The fourth-order valence-corrected chi connectivity index (χ4v) is 11.4. The molecule has 0 aliphatic carbocycles. The molecule has 0 spiro atoms. The number of fused-ring (bicyclic) bond motifs is 8. The molecule has 0 unspecified atom stereocenters. The van der Waals surface area contributed by atoms with Crippen molar-refractivity contribution < 1.29 is 4.42 Å². The minimum atomic E-state index is 0.897. The molecule has 0 N–H and O–H groups in total. The van der Waals surface area contributed by atoms with Gasteiger partial charge in [0.15, 0.2) is 0 Å². The second-order valence-corrected chi connectivity index (χ2v) is 18.3. The van der Waals surface area contributed by atoms with Gasteiger partial charge in [-0.15, -0.1) is 11.3 Å². The highest BCUT2D eigenvalue weighted by Gasteiger charge is 2.25. The maximum atomic E-state index is 6.21. The van der Waals surface area contributed by atoms with Crippen LogP contribution in [0.2, 0.25) is 0 Å². The first-order valence-corrected chi connectivity index (χ1v) is 23.9. The van der Waals surface area contributed by atoms with Crippen LogP contribution in [0.4, 0.5) is 34.1 Å². The molecule has 0 aliphatic rings. The van der Waals surface area contributed by atoms with E-state index in [2.05, 4.69) is 252 Å². The Labute approximate surface area is 398 Å². The van der Waals surface area contributed by atoms with Gasteiger partial charge in [-0.3, -0.25) is 0 Å². The van der Waals surface area contributed by atoms with Gasteiger partial charge in [0.05, 0.1) is 16.1 Å². The van der Waals surface area contributed by atoms with Gasteiger partial charge in [-0.2, -0.15) is 0 Å². The number of hydrogen-bond donors (Lipinski definition) is 0. The molecule has 68 heavy (non-hydrogen) atoms. The van der Waals surface area contributed by atoms with Gasteiger partial charge >= 0.3 is 0 Å². The molecule has 0 atom stereocenters. The third kappa shape index (κ3) is 6.81. The van der Waals surface area contributed by atoms with Crippen LogP contribution in [0.25, 0.3) is 86.3 Å². The molecule has 0 saturated carbocycles. The molecule has 0 aliphatic heterocycles. The van der Waals surface area contributed by atoms with E-state index in [1.807, 2.05) is 23.5 Å². The molecule has 0 fully saturated rings. The van der Waals surface area contributed by atoms with Crippen LogP contribution in [0.15, 0.2) is 259 Å². The standard InChI is InChI=1S/C64H42N2OS/c1-4-18-44(19-5-1)52-27-12-13-28-53(52)46-21-16-26-51(40-46)66(50-37-34-43(35-38-50)45-36-39-61-57(41-45)55-30-14-15-33-60(55)67-61)59-42-47-20-10-11-29-54(47)64-62(59)56-31-17-32-58(63(56)68-64)65(48-22-6-2-7-23-48)49-24-8-3-9-25-49/h1-42H. The second-order valence-electron chi connectivity index (χ2n) is 17.2. The van der Waals surface area contributed by atoms with E-state index in [-0.39, 0.29) is 0 Å². The number of rotatable bonds is 9. The number of benzene rings is 11. The molecule has 320 valence electrons. The van der Waals surface area contributed by atoms with E-state index in [0.29, 0.717) is 0 Å². The predicted octanol–water partition coefficient (Wildman–Crippen LogP) is 19.0. The van der Waals surface area contributed by atoms with Crippen LogP contribution in [0.5, 0.6) is 0 Å². The van der Waals surface area contributed by atoms with Gasteiger partial charge in [-0.25, -0.2) is 0 Å². The van der Waals surface area contributed by atoms with Crippen molar-refractivity contribution in [2.75, 3.05) is 9.80 Å². The predicted molar refractivity (Wildman–Crippen MR) is 290 cm³/mol. The number of thiophene rings is 1. The Balaban J connectivity index is 1.04. The topological polar surface area (TPSA) is 19.6 Å². The first kappa shape index (κ1) is 39.6. The maximum Gasteiger partial charge on any atom is 0.135 e. The van der Waals surface area contributed by atoms with Gasteiger partial charge < -0.3 is 14.2 Å². The summed E-state index contributed by atoms with van der Waals surface area (Å²) in [4.78, 5) is 4.87. The first-order chi connectivity index (χ1) is 33.7. The van der Waals surface area contributed by atoms with Gasteiger partial charge in [0.25, 0.3) is 0 Å². The summed E-state index contributed by atoms with van der Waals surface area (Å²) < 4.78 is 8.70. The Morgan fingerprint density at radius 3 is 1.60 bits per heavy atom. The zero-order chi connectivity index (χ0) is 45.0. The molecular formula is C64H42N2OS. The minimum absolute atomic E-state index is 0.897. The summed E-state index contributed by atoms with van der Waals surface area (Å²) in [6, 6.07) is 91.9. The number of furan rings is 1.